The van der Waals surface area contributed by atoms with Gasteiger partial charge in [0, 0.05) is 17.3 Å². The minimum Gasteiger partial charge on any atom is -0.491 e. The van der Waals surface area contributed by atoms with Crippen LogP contribution in [0.2, 0.25) is 5.02 Å². The molecule has 0 aliphatic carbocycles. The zero-order chi connectivity index (χ0) is 19.5. The molecule has 0 amide bonds. The quantitative estimate of drug-likeness (QED) is 0.586. The van der Waals surface area contributed by atoms with Crippen LogP contribution in [-0.2, 0) is 10.8 Å². The molecule has 0 heterocycles. The highest BCUT2D eigenvalue weighted by molar-refractivity contribution is 6.30. The lowest BCUT2D eigenvalue weighted by Gasteiger charge is -2.27. The van der Waals surface area contributed by atoms with Gasteiger partial charge in [0.05, 0.1) is 0 Å². The first-order valence-corrected chi connectivity index (χ1v) is 9.64. The maximum Gasteiger partial charge on any atom is 0.123 e. The summed E-state index contributed by atoms with van der Waals surface area (Å²) in [6.07, 6.45) is 0. The summed E-state index contributed by atoms with van der Waals surface area (Å²) in [5.74, 6) is 0.968. The number of hydrogen-bond donors (Lipinski definition) is 1. The van der Waals surface area contributed by atoms with Gasteiger partial charge in [0.15, 0.2) is 0 Å². The molecule has 0 radical (unpaired) electrons. The summed E-state index contributed by atoms with van der Waals surface area (Å²) < 4.78 is 6.13. The summed E-state index contributed by atoms with van der Waals surface area (Å²) in [6.45, 7) is 16.8. The fourth-order valence-corrected chi connectivity index (χ4v) is 3.01. The van der Waals surface area contributed by atoms with Crippen molar-refractivity contribution in [1.29, 1.82) is 0 Å². The Morgan fingerprint density at radius 3 is 2.23 bits per heavy atom. The van der Waals surface area contributed by atoms with Crippen LogP contribution < -0.4 is 10.1 Å². The van der Waals surface area contributed by atoms with Crippen LogP contribution in [0, 0.1) is 6.92 Å². The second-order valence-electron chi connectivity index (χ2n) is 8.95. The first-order chi connectivity index (χ1) is 12.0. The van der Waals surface area contributed by atoms with Crippen molar-refractivity contribution in [3.8, 4) is 5.75 Å². The third-order valence-corrected chi connectivity index (χ3v) is 4.76. The first kappa shape index (κ1) is 20.6. The smallest absolute Gasteiger partial charge is 0.123 e. The van der Waals surface area contributed by atoms with Crippen LogP contribution in [-0.4, -0.2) is 13.2 Å². The Hall–Kier alpha value is -1.67. The van der Waals surface area contributed by atoms with E-state index < -0.39 is 0 Å². The van der Waals surface area contributed by atoms with E-state index in [9.17, 15) is 0 Å². The lowest BCUT2D eigenvalue weighted by atomic mass is 9.80. The highest BCUT2D eigenvalue weighted by Crippen LogP contribution is 2.35. The molecule has 3 heteroatoms. The second kappa shape index (κ2) is 7.92. The van der Waals surface area contributed by atoms with Gasteiger partial charge in [-0.2, -0.15) is 0 Å². The van der Waals surface area contributed by atoms with Crippen molar-refractivity contribution in [2.75, 3.05) is 18.5 Å². The largest absolute Gasteiger partial charge is 0.491 e. The van der Waals surface area contributed by atoms with E-state index in [1.54, 1.807) is 0 Å². The molecule has 0 unspecified atom stereocenters. The number of benzene rings is 2. The molecule has 2 aromatic rings. The van der Waals surface area contributed by atoms with Crippen molar-refractivity contribution in [3.05, 3.63) is 58.1 Å². The minimum atomic E-state index is 0.0353. The summed E-state index contributed by atoms with van der Waals surface area (Å²) in [5, 5.41) is 4.15. The van der Waals surface area contributed by atoms with E-state index in [2.05, 4.69) is 72.0 Å². The van der Waals surface area contributed by atoms with E-state index in [1.807, 2.05) is 18.2 Å². The maximum absolute atomic E-state index is 6.13. The van der Waals surface area contributed by atoms with Gasteiger partial charge in [-0.3, -0.25) is 0 Å². The number of nitrogens with one attached hydrogen (secondary N) is 1. The Morgan fingerprint density at radius 1 is 0.923 bits per heavy atom. The van der Waals surface area contributed by atoms with Gasteiger partial charge < -0.3 is 10.1 Å². The predicted molar refractivity (Wildman–Crippen MR) is 114 cm³/mol. The lowest BCUT2D eigenvalue weighted by Crippen LogP contribution is -2.19. The number of hydrogen-bond acceptors (Lipinski definition) is 2. The van der Waals surface area contributed by atoms with Gasteiger partial charge >= 0.3 is 0 Å². The Labute approximate surface area is 163 Å². The molecule has 2 rings (SSSR count). The van der Waals surface area contributed by atoms with Gasteiger partial charge in [0.2, 0.25) is 0 Å². The standard InChI is InChI=1S/C23H32ClNO/c1-16-8-10-18(24)15-20(16)25-12-13-26-21-11-9-17(22(2,3)4)14-19(21)23(5,6)7/h8-11,14-15,25H,12-13H2,1-7H3. The van der Waals surface area contributed by atoms with Crippen molar-refractivity contribution in [2.45, 2.75) is 59.3 Å². The van der Waals surface area contributed by atoms with Crippen LogP contribution >= 0.6 is 11.6 Å². The summed E-state index contributed by atoms with van der Waals surface area (Å²) in [4.78, 5) is 0. The van der Waals surface area contributed by atoms with Crippen LogP contribution in [0.3, 0.4) is 0 Å². The van der Waals surface area contributed by atoms with Gasteiger partial charge in [0.25, 0.3) is 0 Å². The topological polar surface area (TPSA) is 21.3 Å². The van der Waals surface area contributed by atoms with Gasteiger partial charge in [0.1, 0.15) is 12.4 Å². The monoisotopic (exact) mass is 373 g/mol. The SMILES string of the molecule is Cc1ccc(Cl)cc1NCCOc1ccc(C(C)(C)C)cc1C(C)(C)C. The predicted octanol–water partition coefficient (Wildman–Crippen LogP) is 6.73. The van der Waals surface area contributed by atoms with E-state index in [4.69, 9.17) is 16.3 Å². The number of aryl methyl sites for hydroxylation is 1. The normalized spacial score (nSPS) is 12.2. The lowest BCUT2D eigenvalue weighted by molar-refractivity contribution is 0.322. The molecule has 142 valence electrons. The Kier molecular flexibility index (Phi) is 6.29. The molecule has 0 spiro atoms. The molecular formula is C23H32ClNO. The van der Waals surface area contributed by atoms with Gasteiger partial charge in [-0.25, -0.2) is 0 Å². The third-order valence-electron chi connectivity index (χ3n) is 4.53. The fourth-order valence-electron chi connectivity index (χ4n) is 2.84. The van der Waals surface area contributed by atoms with Crippen LogP contribution in [0.25, 0.3) is 0 Å². The fraction of sp³-hybridized carbons (Fsp3) is 0.478. The molecule has 0 aromatic heterocycles. The molecular weight excluding hydrogens is 342 g/mol. The highest BCUT2D eigenvalue weighted by Gasteiger charge is 2.23. The molecule has 2 nitrogen and oxygen atoms in total. The number of halogens is 1. The molecule has 2 aromatic carbocycles. The number of anilines is 1. The van der Waals surface area contributed by atoms with Crippen molar-refractivity contribution in [1.82, 2.24) is 0 Å². The van der Waals surface area contributed by atoms with Gasteiger partial charge in [-0.1, -0.05) is 71.3 Å². The molecule has 0 aliphatic heterocycles. The van der Waals surface area contributed by atoms with Gasteiger partial charge in [-0.05, 0) is 52.6 Å². The molecule has 1 N–H and O–H groups in total. The van der Waals surface area contributed by atoms with Crippen molar-refractivity contribution in [2.24, 2.45) is 0 Å². The average Bonchev–Trinajstić information content (AvgIpc) is 2.52. The Balaban J connectivity index is 2.08. The third kappa shape index (κ3) is 5.41. The molecule has 0 atom stereocenters. The highest BCUT2D eigenvalue weighted by atomic mass is 35.5. The summed E-state index contributed by atoms with van der Waals surface area (Å²) in [5.41, 5.74) is 4.99. The Morgan fingerprint density at radius 2 is 1.62 bits per heavy atom. The summed E-state index contributed by atoms with van der Waals surface area (Å²) in [7, 11) is 0. The zero-order valence-corrected chi connectivity index (χ0v) is 17.9. The van der Waals surface area contributed by atoms with Crippen molar-refractivity contribution < 1.29 is 4.74 Å². The number of ether oxygens (including phenoxy) is 1. The van der Waals surface area contributed by atoms with E-state index in [-0.39, 0.29) is 10.8 Å². The zero-order valence-electron chi connectivity index (χ0n) is 17.2. The Bertz CT molecular complexity index is 754. The molecule has 26 heavy (non-hydrogen) atoms. The number of rotatable bonds is 5. The minimum absolute atomic E-state index is 0.0353. The van der Waals surface area contributed by atoms with Crippen molar-refractivity contribution >= 4 is 17.3 Å². The van der Waals surface area contributed by atoms with Crippen LogP contribution in [0.5, 0.6) is 5.75 Å². The maximum atomic E-state index is 6.13. The summed E-state index contributed by atoms with van der Waals surface area (Å²) >= 11 is 6.08. The van der Waals surface area contributed by atoms with E-state index in [0.29, 0.717) is 6.61 Å². The van der Waals surface area contributed by atoms with Crippen LogP contribution in [0.1, 0.15) is 58.2 Å². The van der Waals surface area contributed by atoms with Crippen molar-refractivity contribution in [3.63, 3.8) is 0 Å². The average molecular weight is 374 g/mol. The second-order valence-corrected chi connectivity index (χ2v) is 9.38. The van der Waals surface area contributed by atoms with E-state index in [0.717, 1.165) is 23.0 Å². The van der Waals surface area contributed by atoms with Gasteiger partial charge in [-0.15, -0.1) is 0 Å². The van der Waals surface area contributed by atoms with Crippen LogP contribution in [0.15, 0.2) is 36.4 Å². The molecule has 0 bridgehead atoms. The first-order valence-electron chi connectivity index (χ1n) is 9.26. The molecule has 0 saturated carbocycles. The summed E-state index contributed by atoms with van der Waals surface area (Å²) in [6, 6.07) is 12.5. The van der Waals surface area contributed by atoms with E-state index in [1.165, 1.54) is 16.7 Å². The van der Waals surface area contributed by atoms with E-state index >= 15 is 0 Å². The molecule has 0 saturated heterocycles. The van der Waals surface area contributed by atoms with Crippen LogP contribution in [0.4, 0.5) is 5.69 Å². The molecule has 0 fully saturated rings. The molecule has 0 aliphatic rings.